The Morgan fingerprint density at radius 2 is 1.88 bits per heavy atom. The van der Waals surface area contributed by atoms with Crippen LogP contribution in [0, 0.1) is 5.82 Å². The van der Waals surface area contributed by atoms with Crippen LogP contribution in [0.15, 0.2) is 23.1 Å². The van der Waals surface area contributed by atoms with Gasteiger partial charge in [0.1, 0.15) is 5.82 Å². The number of rotatable bonds is 4. The Morgan fingerprint density at radius 3 is 2.35 bits per heavy atom. The largest absolute Gasteiger partial charge is 0.281 e. The number of nitrogens with two attached hydrogens (primary N) is 1. The van der Waals surface area contributed by atoms with Crippen molar-refractivity contribution in [2.45, 2.75) is 11.8 Å². The normalized spacial score (nSPS) is 12.4. The maximum atomic E-state index is 13.3. The Bertz CT molecular complexity index is 625. The van der Waals surface area contributed by atoms with E-state index in [2.05, 4.69) is 0 Å². The van der Waals surface area contributed by atoms with E-state index < -0.39 is 31.6 Å². The molecule has 0 heterocycles. The molecule has 0 radical (unpaired) electrons. The second-order valence-electron chi connectivity index (χ2n) is 3.19. The van der Waals surface area contributed by atoms with Gasteiger partial charge in [0.05, 0.1) is 16.3 Å². The predicted octanol–water partition coefficient (Wildman–Crippen LogP) is 0.235. The minimum absolute atomic E-state index is 0.258. The number of benzene rings is 1. The molecule has 1 aromatic carbocycles. The monoisotopic (exact) mass is 282 g/mol. The average molecular weight is 282 g/mol. The molecule has 0 fully saturated rings. The summed E-state index contributed by atoms with van der Waals surface area (Å²) in [6, 6.07) is 2.61. The van der Waals surface area contributed by atoms with Crippen molar-refractivity contribution >= 4 is 25.7 Å². The summed E-state index contributed by atoms with van der Waals surface area (Å²) in [6.45, 7) is 1.36. The van der Waals surface area contributed by atoms with Crippen LogP contribution in [0.2, 0.25) is 0 Å². The zero-order valence-corrected chi connectivity index (χ0v) is 10.5. The molecule has 0 bridgehead atoms. The molecule has 0 atom stereocenters. The van der Waals surface area contributed by atoms with Gasteiger partial charge in [-0.25, -0.2) is 26.4 Å². The fourth-order valence-electron chi connectivity index (χ4n) is 0.999. The molecule has 3 N–H and O–H groups in total. The van der Waals surface area contributed by atoms with E-state index in [1.165, 1.54) is 6.92 Å². The first-order valence-corrected chi connectivity index (χ1v) is 7.68. The molecule has 0 saturated carbocycles. The summed E-state index contributed by atoms with van der Waals surface area (Å²) >= 11 is 0. The predicted molar refractivity (Wildman–Crippen MR) is 60.9 cm³/mol. The Labute approximate surface area is 98.7 Å². The highest BCUT2D eigenvalue weighted by Gasteiger charge is 2.15. The highest BCUT2D eigenvalue weighted by atomic mass is 32.2. The van der Waals surface area contributed by atoms with E-state index in [1.54, 1.807) is 0 Å². The first-order valence-electron chi connectivity index (χ1n) is 4.48. The third-order valence-corrected chi connectivity index (χ3v) is 4.11. The molecule has 6 nitrogen and oxygen atoms in total. The van der Waals surface area contributed by atoms with Crippen LogP contribution >= 0.6 is 0 Å². The average Bonchev–Trinajstić information content (AvgIpc) is 2.19. The third-order valence-electron chi connectivity index (χ3n) is 1.91. The second kappa shape index (κ2) is 4.59. The lowest BCUT2D eigenvalue weighted by molar-refractivity contribution is 0.594. The summed E-state index contributed by atoms with van der Waals surface area (Å²) in [5.41, 5.74) is -0.446. The summed E-state index contributed by atoms with van der Waals surface area (Å²) in [4.78, 5) is -0.368. The van der Waals surface area contributed by atoms with E-state index >= 15 is 0 Å². The van der Waals surface area contributed by atoms with Crippen LogP contribution in [0.3, 0.4) is 0 Å². The van der Waals surface area contributed by atoms with Crippen molar-refractivity contribution in [3.05, 3.63) is 24.0 Å². The van der Waals surface area contributed by atoms with Crippen molar-refractivity contribution in [3.63, 3.8) is 0 Å². The summed E-state index contributed by atoms with van der Waals surface area (Å²) in [6.07, 6.45) is 0. The minimum atomic E-state index is -4.01. The van der Waals surface area contributed by atoms with Crippen molar-refractivity contribution in [3.8, 4) is 0 Å². The molecule has 17 heavy (non-hydrogen) atoms. The molecule has 1 rings (SSSR count). The smallest absolute Gasteiger partial charge is 0.238 e. The zero-order valence-electron chi connectivity index (χ0n) is 8.84. The molecule has 0 unspecified atom stereocenters. The van der Waals surface area contributed by atoms with Gasteiger partial charge in [0.15, 0.2) is 0 Å². The fraction of sp³-hybridized carbons (Fsp3) is 0.250. The van der Waals surface area contributed by atoms with Crippen molar-refractivity contribution in [2.24, 2.45) is 5.14 Å². The lowest BCUT2D eigenvalue weighted by Gasteiger charge is -2.08. The highest BCUT2D eigenvalue weighted by molar-refractivity contribution is 7.92. The Hall–Kier alpha value is -1.19. The standard InChI is InChI=1S/C8H11FN2O4S2/c1-2-16(12,13)11-8-5-6(17(10,14)15)3-4-7(8)9/h3-5,11H,2H2,1H3,(H2,10,14,15). The van der Waals surface area contributed by atoms with E-state index in [-0.39, 0.29) is 10.6 Å². The highest BCUT2D eigenvalue weighted by Crippen LogP contribution is 2.19. The number of nitrogens with one attached hydrogen (secondary N) is 1. The Morgan fingerprint density at radius 1 is 1.29 bits per heavy atom. The zero-order chi connectivity index (χ0) is 13.3. The molecule has 0 spiro atoms. The van der Waals surface area contributed by atoms with Gasteiger partial charge in [-0.15, -0.1) is 0 Å². The fourth-order valence-corrected chi connectivity index (χ4v) is 2.17. The first kappa shape index (κ1) is 13.9. The molecule has 96 valence electrons. The van der Waals surface area contributed by atoms with Crippen molar-refractivity contribution in [1.82, 2.24) is 0 Å². The van der Waals surface area contributed by atoms with Gasteiger partial charge < -0.3 is 0 Å². The van der Waals surface area contributed by atoms with Gasteiger partial charge in [-0.05, 0) is 25.1 Å². The summed E-state index contributed by atoms with van der Waals surface area (Å²) in [7, 11) is -7.69. The van der Waals surface area contributed by atoms with E-state index in [4.69, 9.17) is 5.14 Å². The molecule has 0 amide bonds. The molecule has 0 aromatic heterocycles. The van der Waals surface area contributed by atoms with E-state index in [0.717, 1.165) is 18.2 Å². The molecule has 0 saturated heterocycles. The molecular weight excluding hydrogens is 271 g/mol. The maximum absolute atomic E-state index is 13.3. The number of anilines is 1. The minimum Gasteiger partial charge on any atom is -0.281 e. The SMILES string of the molecule is CCS(=O)(=O)Nc1cc(S(N)(=O)=O)ccc1F. The molecule has 0 aliphatic carbocycles. The topological polar surface area (TPSA) is 106 Å². The third kappa shape index (κ3) is 3.65. The Kier molecular flexibility index (Phi) is 3.74. The summed E-state index contributed by atoms with van der Waals surface area (Å²) < 4.78 is 59.7. The number of halogens is 1. The van der Waals surface area contributed by atoms with Gasteiger partial charge in [0.25, 0.3) is 0 Å². The molecule has 0 aliphatic rings. The van der Waals surface area contributed by atoms with Crippen LogP contribution in [0.5, 0.6) is 0 Å². The van der Waals surface area contributed by atoms with Gasteiger partial charge in [-0.1, -0.05) is 0 Å². The van der Waals surface area contributed by atoms with Crippen LogP contribution < -0.4 is 9.86 Å². The van der Waals surface area contributed by atoms with E-state index in [0.29, 0.717) is 0 Å². The Balaban J connectivity index is 3.26. The molecule has 9 heteroatoms. The van der Waals surface area contributed by atoms with Gasteiger partial charge in [0, 0.05) is 0 Å². The lowest BCUT2D eigenvalue weighted by Crippen LogP contribution is -2.17. The molecular formula is C8H11FN2O4S2. The van der Waals surface area contributed by atoms with Crippen molar-refractivity contribution < 1.29 is 21.2 Å². The number of hydrogen-bond acceptors (Lipinski definition) is 4. The second-order valence-corrected chi connectivity index (χ2v) is 6.76. The first-order chi connectivity index (χ1) is 7.65. The quantitative estimate of drug-likeness (QED) is 0.824. The molecule has 1 aromatic rings. The molecule has 0 aliphatic heterocycles. The van der Waals surface area contributed by atoms with E-state index in [9.17, 15) is 21.2 Å². The van der Waals surface area contributed by atoms with Crippen LogP contribution in [-0.4, -0.2) is 22.6 Å². The lowest BCUT2D eigenvalue weighted by atomic mass is 10.3. The number of primary sulfonamides is 1. The van der Waals surface area contributed by atoms with Gasteiger partial charge in [-0.3, -0.25) is 4.72 Å². The summed E-state index contributed by atoms with van der Waals surface area (Å²) in [5.74, 6) is -1.14. The summed E-state index contributed by atoms with van der Waals surface area (Å²) in [5, 5.41) is 4.84. The van der Waals surface area contributed by atoms with Crippen LogP contribution in [-0.2, 0) is 20.0 Å². The van der Waals surface area contributed by atoms with Gasteiger partial charge in [0.2, 0.25) is 20.0 Å². The number of sulfonamides is 2. The van der Waals surface area contributed by atoms with Crippen LogP contribution in [0.1, 0.15) is 6.92 Å². The van der Waals surface area contributed by atoms with Gasteiger partial charge >= 0.3 is 0 Å². The van der Waals surface area contributed by atoms with Crippen LogP contribution in [0.4, 0.5) is 10.1 Å². The number of hydrogen-bond donors (Lipinski definition) is 2. The van der Waals surface area contributed by atoms with E-state index in [1.807, 2.05) is 4.72 Å². The van der Waals surface area contributed by atoms with Gasteiger partial charge in [-0.2, -0.15) is 0 Å². The van der Waals surface area contributed by atoms with Crippen LogP contribution in [0.25, 0.3) is 0 Å². The van der Waals surface area contributed by atoms with Crippen molar-refractivity contribution in [2.75, 3.05) is 10.5 Å². The maximum Gasteiger partial charge on any atom is 0.238 e. The van der Waals surface area contributed by atoms with Crippen molar-refractivity contribution in [1.29, 1.82) is 0 Å².